The highest BCUT2D eigenvalue weighted by Gasteiger charge is 1.97. The molecule has 0 aliphatic rings. The molecule has 0 spiro atoms. The van der Waals surface area contributed by atoms with Crippen molar-refractivity contribution in [3.8, 4) is 6.07 Å². The van der Waals surface area contributed by atoms with Crippen molar-refractivity contribution < 1.29 is 0 Å². The summed E-state index contributed by atoms with van der Waals surface area (Å²) in [5.41, 5.74) is 0.907. The van der Waals surface area contributed by atoms with Crippen LogP contribution in [0.5, 0.6) is 0 Å². The van der Waals surface area contributed by atoms with E-state index in [4.69, 9.17) is 5.26 Å². The third-order valence-corrected chi connectivity index (χ3v) is 2.20. The molecule has 0 saturated heterocycles. The molecule has 1 rings (SSSR count). The minimum absolute atomic E-state index is 0.441. The van der Waals surface area contributed by atoms with Crippen molar-refractivity contribution in [3.63, 3.8) is 0 Å². The Balaban J connectivity index is 2.70. The van der Waals surface area contributed by atoms with Gasteiger partial charge in [0.15, 0.2) is 0 Å². The van der Waals surface area contributed by atoms with Gasteiger partial charge < -0.3 is 0 Å². The minimum Gasteiger partial charge on any atom is -0.245 e. The van der Waals surface area contributed by atoms with Gasteiger partial charge in [-0.05, 0) is 6.42 Å². The van der Waals surface area contributed by atoms with Crippen LogP contribution in [0.3, 0.4) is 0 Å². The van der Waals surface area contributed by atoms with Crippen LogP contribution in [-0.4, -0.2) is 4.98 Å². The van der Waals surface area contributed by atoms with Crippen LogP contribution in [0.15, 0.2) is 5.38 Å². The van der Waals surface area contributed by atoms with Gasteiger partial charge in [0.05, 0.1) is 23.2 Å². The number of nitriles is 1. The molecule has 0 fully saturated rings. The number of hydrogen-bond acceptors (Lipinski definition) is 3. The number of aromatic nitrogens is 1. The minimum atomic E-state index is 0.441. The molecule has 0 saturated carbocycles. The van der Waals surface area contributed by atoms with Crippen molar-refractivity contribution in [2.24, 2.45) is 0 Å². The first-order chi connectivity index (χ1) is 4.86. The van der Waals surface area contributed by atoms with Gasteiger partial charge >= 0.3 is 0 Å². The molecular weight excluding hydrogens is 144 g/mol. The lowest BCUT2D eigenvalue weighted by molar-refractivity contribution is 1.04. The molecule has 0 amide bonds. The largest absolute Gasteiger partial charge is 0.245 e. The highest BCUT2D eigenvalue weighted by atomic mass is 32.1. The van der Waals surface area contributed by atoms with Crippen LogP contribution >= 0.6 is 11.3 Å². The lowest BCUT2D eigenvalue weighted by atomic mass is 10.4. The molecule has 0 aromatic carbocycles. The van der Waals surface area contributed by atoms with Crippen LogP contribution in [0.4, 0.5) is 0 Å². The van der Waals surface area contributed by atoms with Gasteiger partial charge in [0, 0.05) is 5.38 Å². The molecule has 0 N–H and O–H groups in total. The molecule has 1 heterocycles. The normalized spacial score (nSPS) is 9.20. The summed E-state index contributed by atoms with van der Waals surface area (Å²) in [6.45, 7) is 2.06. The maximum absolute atomic E-state index is 8.32. The average Bonchev–Trinajstić information content (AvgIpc) is 2.37. The summed E-state index contributed by atoms with van der Waals surface area (Å²) in [6.07, 6.45) is 1.41. The average molecular weight is 152 g/mol. The van der Waals surface area contributed by atoms with Gasteiger partial charge in [-0.25, -0.2) is 4.98 Å². The Hall–Kier alpha value is -0.880. The molecule has 0 bridgehead atoms. The summed E-state index contributed by atoms with van der Waals surface area (Å²) in [5.74, 6) is 0. The van der Waals surface area contributed by atoms with Crippen molar-refractivity contribution in [3.05, 3.63) is 16.1 Å². The fraction of sp³-hybridized carbons (Fsp3) is 0.429. The quantitative estimate of drug-likeness (QED) is 0.647. The summed E-state index contributed by atoms with van der Waals surface area (Å²) < 4.78 is 0. The molecule has 10 heavy (non-hydrogen) atoms. The van der Waals surface area contributed by atoms with Gasteiger partial charge in [0.1, 0.15) is 0 Å². The Morgan fingerprint density at radius 2 is 2.60 bits per heavy atom. The fourth-order valence-corrected chi connectivity index (χ4v) is 1.42. The van der Waals surface area contributed by atoms with Crippen LogP contribution in [0.2, 0.25) is 0 Å². The molecular formula is C7H8N2S. The lowest BCUT2D eigenvalue weighted by Crippen LogP contribution is -1.82. The fourth-order valence-electron chi connectivity index (χ4n) is 0.673. The van der Waals surface area contributed by atoms with Crippen LogP contribution in [0.25, 0.3) is 0 Å². The first-order valence-corrected chi connectivity index (χ1v) is 4.05. The lowest BCUT2D eigenvalue weighted by Gasteiger charge is -1.82. The van der Waals surface area contributed by atoms with E-state index in [1.165, 1.54) is 0 Å². The second-order valence-electron chi connectivity index (χ2n) is 1.92. The second-order valence-corrected chi connectivity index (χ2v) is 2.86. The Morgan fingerprint density at radius 3 is 3.10 bits per heavy atom. The monoisotopic (exact) mass is 152 g/mol. The van der Waals surface area contributed by atoms with Crippen molar-refractivity contribution >= 4 is 11.3 Å². The molecule has 52 valence electrons. The summed E-state index contributed by atoms with van der Waals surface area (Å²) in [7, 11) is 0. The highest BCUT2D eigenvalue weighted by molar-refractivity contribution is 7.09. The van der Waals surface area contributed by atoms with Gasteiger partial charge in [-0.15, -0.1) is 11.3 Å². The van der Waals surface area contributed by atoms with E-state index >= 15 is 0 Å². The SMILES string of the molecule is CCc1nc(CC#N)cs1. The maximum Gasteiger partial charge on any atom is 0.0925 e. The Labute approximate surface area is 64.1 Å². The van der Waals surface area contributed by atoms with Gasteiger partial charge in [0.2, 0.25) is 0 Å². The topological polar surface area (TPSA) is 36.7 Å². The third kappa shape index (κ3) is 1.55. The molecule has 0 aliphatic heterocycles. The summed E-state index contributed by atoms with van der Waals surface area (Å²) in [4.78, 5) is 4.21. The van der Waals surface area contributed by atoms with Crippen molar-refractivity contribution in [1.29, 1.82) is 5.26 Å². The number of nitrogens with zero attached hydrogens (tertiary/aromatic N) is 2. The van der Waals surface area contributed by atoms with Crippen LogP contribution < -0.4 is 0 Å². The highest BCUT2D eigenvalue weighted by Crippen LogP contribution is 2.09. The van der Waals surface area contributed by atoms with E-state index in [9.17, 15) is 0 Å². The van der Waals surface area contributed by atoms with E-state index < -0.39 is 0 Å². The summed E-state index contributed by atoms with van der Waals surface area (Å²) >= 11 is 1.63. The molecule has 1 aromatic rings. The molecule has 0 unspecified atom stereocenters. The predicted octanol–water partition coefficient (Wildman–Crippen LogP) is 1.77. The van der Waals surface area contributed by atoms with E-state index in [0.29, 0.717) is 6.42 Å². The Morgan fingerprint density at radius 1 is 1.80 bits per heavy atom. The first kappa shape index (κ1) is 7.23. The molecule has 0 atom stereocenters. The molecule has 1 aromatic heterocycles. The van der Waals surface area contributed by atoms with Gasteiger partial charge in [0.25, 0.3) is 0 Å². The Bertz CT molecular complexity index is 246. The van der Waals surface area contributed by atoms with Crippen LogP contribution in [0, 0.1) is 11.3 Å². The second kappa shape index (κ2) is 3.33. The van der Waals surface area contributed by atoms with Crippen LogP contribution in [-0.2, 0) is 12.8 Å². The molecule has 3 heteroatoms. The van der Waals surface area contributed by atoms with E-state index in [1.807, 2.05) is 5.38 Å². The summed E-state index contributed by atoms with van der Waals surface area (Å²) in [6, 6.07) is 2.07. The van der Waals surface area contributed by atoms with E-state index in [0.717, 1.165) is 17.1 Å². The standard InChI is InChI=1S/C7H8N2S/c1-2-7-9-6(3-4-8)5-10-7/h5H,2-3H2,1H3. The van der Waals surface area contributed by atoms with Crippen LogP contribution in [0.1, 0.15) is 17.6 Å². The first-order valence-electron chi connectivity index (χ1n) is 3.17. The van der Waals surface area contributed by atoms with E-state index in [1.54, 1.807) is 11.3 Å². The van der Waals surface area contributed by atoms with Crippen molar-refractivity contribution in [2.45, 2.75) is 19.8 Å². The van der Waals surface area contributed by atoms with Crippen molar-refractivity contribution in [1.82, 2.24) is 4.98 Å². The molecule has 2 nitrogen and oxygen atoms in total. The van der Waals surface area contributed by atoms with E-state index in [-0.39, 0.29) is 0 Å². The van der Waals surface area contributed by atoms with Gasteiger partial charge in [-0.1, -0.05) is 6.92 Å². The summed E-state index contributed by atoms with van der Waals surface area (Å²) in [5, 5.41) is 11.4. The maximum atomic E-state index is 8.32. The zero-order valence-electron chi connectivity index (χ0n) is 5.79. The molecule has 0 radical (unpaired) electrons. The van der Waals surface area contributed by atoms with Crippen molar-refractivity contribution in [2.75, 3.05) is 0 Å². The number of thiazole rings is 1. The molecule has 0 aliphatic carbocycles. The third-order valence-electron chi connectivity index (χ3n) is 1.16. The number of aryl methyl sites for hydroxylation is 1. The zero-order chi connectivity index (χ0) is 7.40. The van der Waals surface area contributed by atoms with Gasteiger partial charge in [-0.2, -0.15) is 5.26 Å². The smallest absolute Gasteiger partial charge is 0.0925 e. The predicted molar refractivity (Wildman–Crippen MR) is 40.8 cm³/mol. The zero-order valence-corrected chi connectivity index (χ0v) is 6.61. The van der Waals surface area contributed by atoms with E-state index in [2.05, 4.69) is 18.0 Å². The number of rotatable bonds is 2. The number of hydrogen-bond donors (Lipinski definition) is 0. The van der Waals surface area contributed by atoms with Gasteiger partial charge in [-0.3, -0.25) is 0 Å². The Kier molecular flexibility index (Phi) is 2.41.